The molecule has 1 unspecified atom stereocenters. The van der Waals surface area contributed by atoms with Crippen molar-refractivity contribution in [2.75, 3.05) is 37.0 Å². The minimum absolute atomic E-state index is 0.0481. The van der Waals surface area contributed by atoms with Gasteiger partial charge >= 0.3 is 5.97 Å². The number of aliphatic hydroxyl groups is 1. The molecule has 1 atom stereocenters. The highest BCUT2D eigenvalue weighted by Crippen LogP contribution is 2.34. The molecule has 0 aliphatic carbocycles. The molecule has 0 radical (unpaired) electrons. The number of aromatic nitrogens is 4. The van der Waals surface area contributed by atoms with Crippen LogP contribution in [0, 0.1) is 24.6 Å². The Morgan fingerprint density at radius 1 is 1.12 bits per heavy atom. The van der Waals surface area contributed by atoms with Gasteiger partial charge in [-0.25, -0.2) is 19.2 Å². The molecular weight excluding hydrogens is 666 g/mol. The smallest absolute Gasteiger partial charge is 0.355 e. The molecular formula is C35H38FN7O4S2. The molecule has 0 saturated carbocycles. The van der Waals surface area contributed by atoms with E-state index in [4.69, 9.17) is 4.74 Å². The van der Waals surface area contributed by atoms with Gasteiger partial charge in [-0.05, 0) is 88.0 Å². The number of hydrogen-bond acceptors (Lipinski definition) is 12. The van der Waals surface area contributed by atoms with Crippen molar-refractivity contribution in [3.8, 4) is 17.6 Å². The Hall–Kier alpha value is -4.68. The van der Waals surface area contributed by atoms with Crippen LogP contribution >= 0.6 is 22.7 Å². The number of anilines is 4. The predicted octanol–water partition coefficient (Wildman–Crippen LogP) is 6.70. The number of aromatic carboxylic acids is 1. The van der Waals surface area contributed by atoms with E-state index < -0.39 is 17.9 Å². The van der Waals surface area contributed by atoms with Crippen LogP contribution in [0.3, 0.4) is 0 Å². The lowest BCUT2D eigenvalue weighted by molar-refractivity contribution is 0.0690. The highest BCUT2D eigenvalue weighted by atomic mass is 32.1. The Balaban J connectivity index is 1.31. The maximum absolute atomic E-state index is 14.6. The zero-order valence-corrected chi connectivity index (χ0v) is 29.1. The van der Waals surface area contributed by atoms with Crippen molar-refractivity contribution in [1.29, 1.82) is 0 Å². The number of thiazole rings is 2. The molecule has 5 rings (SSSR count). The van der Waals surface area contributed by atoms with Crippen LogP contribution in [0.25, 0.3) is 10.2 Å². The number of carbonyl (C=O) groups is 1. The average molecular weight is 704 g/mol. The van der Waals surface area contributed by atoms with Gasteiger partial charge in [-0.2, -0.15) is 0 Å². The van der Waals surface area contributed by atoms with E-state index in [0.29, 0.717) is 77.5 Å². The van der Waals surface area contributed by atoms with Crippen LogP contribution in [-0.4, -0.2) is 69.2 Å². The minimum Gasteiger partial charge on any atom is -0.491 e. The number of aliphatic hydroxyl groups excluding tert-OH is 1. The summed E-state index contributed by atoms with van der Waals surface area (Å²) in [5, 5.41) is 36.5. The molecule has 0 spiro atoms. The van der Waals surface area contributed by atoms with Crippen molar-refractivity contribution in [2.24, 2.45) is 0 Å². The summed E-state index contributed by atoms with van der Waals surface area (Å²) in [4.78, 5) is 23.8. The maximum Gasteiger partial charge on any atom is 0.355 e. The van der Waals surface area contributed by atoms with Crippen LogP contribution < -0.4 is 20.3 Å². The topological polar surface area (TPSA) is 146 Å². The van der Waals surface area contributed by atoms with Crippen LogP contribution in [0.1, 0.15) is 59.1 Å². The predicted molar refractivity (Wildman–Crippen MR) is 192 cm³/mol. The van der Waals surface area contributed by atoms with Crippen molar-refractivity contribution in [1.82, 2.24) is 25.5 Å². The number of hydrogen-bond donors (Lipinski definition) is 4. The lowest BCUT2D eigenvalue weighted by Crippen LogP contribution is -2.22. The molecule has 3 aromatic heterocycles. The van der Waals surface area contributed by atoms with E-state index in [2.05, 4.69) is 42.6 Å². The van der Waals surface area contributed by atoms with Crippen LogP contribution in [0.2, 0.25) is 0 Å². The van der Waals surface area contributed by atoms with Crippen LogP contribution in [0.15, 0.2) is 48.5 Å². The fourth-order valence-electron chi connectivity index (χ4n) is 4.89. The third-order valence-electron chi connectivity index (χ3n) is 7.51. The van der Waals surface area contributed by atoms with Crippen molar-refractivity contribution in [3.63, 3.8) is 0 Å². The molecule has 3 heterocycles. The summed E-state index contributed by atoms with van der Waals surface area (Å²) >= 11 is 2.78. The van der Waals surface area contributed by atoms with Gasteiger partial charge in [0.25, 0.3) is 0 Å². The first kappa shape index (κ1) is 35.6. The monoisotopic (exact) mass is 703 g/mol. The fourth-order valence-corrected chi connectivity index (χ4v) is 6.88. The van der Waals surface area contributed by atoms with Crippen LogP contribution in [-0.2, 0) is 6.42 Å². The summed E-state index contributed by atoms with van der Waals surface area (Å²) in [6, 6.07) is 14.3. The Bertz CT molecular complexity index is 1920. The number of carboxylic acids is 1. The maximum atomic E-state index is 14.6. The lowest BCUT2D eigenvalue weighted by atomic mass is 10.1. The summed E-state index contributed by atoms with van der Waals surface area (Å²) in [6.45, 7) is 4.96. The van der Waals surface area contributed by atoms with Gasteiger partial charge in [-0.3, -0.25) is 0 Å². The lowest BCUT2D eigenvalue weighted by Gasteiger charge is -2.22. The first-order valence-electron chi connectivity index (χ1n) is 16.0. The summed E-state index contributed by atoms with van der Waals surface area (Å²) in [5.74, 6) is 5.30. The van der Waals surface area contributed by atoms with E-state index in [1.54, 1.807) is 19.2 Å². The molecule has 5 aromatic rings. The van der Waals surface area contributed by atoms with E-state index in [0.717, 1.165) is 15.8 Å². The van der Waals surface area contributed by atoms with Gasteiger partial charge in [0.1, 0.15) is 0 Å². The van der Waals surface area contributed by atoms with Crippen molar-refractivity contribution in [2.45, 2.75) is 52.1 Å². The second kappa shape index (κ2) is 17.1. The number of carboxylic acid groups (broad SMARTS) is 1. The standard InChI is InChI=1S/C35H38FN7O4S2/c1-4-24(44)11-8-18-43(30-20-22(2)32(42-41-30)40-34-38-26-12-5-6-13-28(26)48-34)35-39-31(33(45)46)29(49-35)14-9-19-47-27-16-15-23(21-25(27)36)10-7-17-37-3/h5-6,12-13,15-16,20-21,24,37,44H,4,8-9,11,14,17-19H2,1-3H3,(H,45,46)(H,38,40,42). The first-order chi connectivity index (χ1) is 23.7. The van der Waals surface area contributed by atoms with Crippen LogP contribution in [0.4, 0.5) is 26.3 Å². The third kappa shape index (κ3) is 9.48. The minimum atomic E-state index is -1.14. The largest absolute Gasteiger partial charge is 0.491 e. The number of aryl methyl sites for hydroxylation is 2. The average Bonchev–Trinajstić information content (AvgIpc) is 3.71. The van der Waals surface area contributed by atoms with Gasteiger partial charge in [0.2, 0.25) is 0 Å². The van der Waals surface area contributed by atoms with E-state index in [-0.39, 0.29) is 18.1 Å². The Morgan fingerprint density at radius 3 is 2.69 bits per heavy atom. The van der Waals surface area contributed by atoms with E-state index in [9.17, 15) is 19.4 Å². The van der Waals surface area contributed by atoms with E-state index in [1.165, 1.54) is 28.7 Å². The van der Waals surface area contributed by atoms with Gasteiger partial charge < -0.3 is 30.5 Å². The molecule has 0 amide bonds. The molecule has 256 valence electrons. The number of halogens is 1. The summed E-state index contributed by atoms with van der Waals surface area (Å²) in [5.41, 5.74) is 2.22. The Kier molecular flexibility index (Phi) is 12.4. The fraction of sp³-hybridized carbons (Fsp3) is 0.343. The highest BCUT2D eigenvalue weighted by molar-refractivity contribution is 7.22. The molecule has 0 fully saturated rings. The van der Waals surface area contributed by atoms with E-state index in [1.807, 2.05) is 49.1 Å². The highest BCUT2D eigenvalue weighted by Gasteiger charge is 2.23. The molecule has 2 aromatic carbocycles. The van der Waals surface area contributed by atoms with E-state index >= 15 is 0 Å². The number of nitrogens with one attached hydrogen (secondary N) is 2. The summed E-state index contributed by atoms with van der Waals surface area (Å²) < 4.78 is 21.3. The zero-order chi connectivity index (χ0) is 34.8. The molecule has 14 heteroatoms. The Morgan fingerprint density at radius 2 is 1.96 bits per heavy atom. The van der Waals surface area contributed by atoms with Crippen molar-refractivity contribution < 1.29 is 24.1 Å². The SMILES string of the molecule is CCC(O)CCCN(c1cc(C)c(Nc2nc3ccccc3s2)nn1)c1nc(C(=O)O)c(CCCOc2ccc(C#CCNC)cc2F)s1. The van der Waals surface area contributed by atoms with Gasteiger partial charge in [0.15, 0.2) is 39.2 Å². The number of para-hydroxylation sites is 1. The Labute approximate surface area is 292 Å². The van der Waals surface area contributed by atoms with Crippen molar-refractivity contribution in [3.05, 3.63) is 76.0 Å². The summed E-state index contributed by atoms with van der Waals surface area (Å²) in [6.07, 6.45) is 2.20. The number of rotatable bonds is 16. The normalized spacial score (nSPS) is 11.6. The molecule has 4 N–H and O–H groups in total. The molecule has 49 heavy (non-hydrogen) atoms. The first-order valence-corrected chi connectivity index (χ1v) is 17.6. The number of nitrogens with zero attached hydrogens (tertiary/aromatic N) is 5. The number of benzene rings is 2. The van der Waals surface area contributed by atoms with Gasteiger partial charge in [-0.15, -0.1) is 21.5 Å². The molecule has 0 bridgehead atoms. The second-order valence-corrected chi connectivity index (χ2v) is 13.3. The van der Waals surface area contributed by atoms with Gasteiger partial charge in [0.05, 0.1) is 29.5 Å². The molecule has 11 nitrogen and oxygen atoms in total. The van der Waals surface area contributed by atoms with Crippen LogP contribution in [0.5, 0.6) is 5.75 Å². The quantitative estimate of drug-likeness (QED) is 0.0643. The molecule has 0 aliphatic rings. The second-order valence-electron chi connectivity index (χ2n) is 11.2. The number of fused-ring (bicyclic) bond motifs is 1. The van der Waals surface area contributed by atoms with Gasteiger partial charge in [0, 0.05) is 17.0 Å². The zero-order valence-electron chi connectivity index (χ0n) is 27.5. The molecule has 0 aliphatic heterocycles. The molecule has 0 saturated heterocycles. The number of ether oxygens (including phenoxy) is 1. The van der Waals surface area contributed by atoms with Gasteiger partial charge in [-0.1, -0.05) is 42.2 Å². The van der Waals surface area contributed by atoms with Crippen molar-refractivity contribution >= 4 is 60.8 Å². The summed E-state index contributed by atoms with van der Waals surface area (Å²) in [7, 11) is 1.79. The third-order valence-corrected chi connectivity index (χ3v) is 9.60.